The second kappa shape index (κ2) is 9.81. The lowest BCUT2D eigenvalue weighted by molar-refractivity contribution is -0.120. The van der Waals surface area contributed by atoms with Crippen molar-refractivity contribution in [1.82, 2.24) is 13.7 Å². The molecular formula is C24H28N4O4S2. The van der Waals surface area contributed by atoms with Crippen LogP contribution in [0.15, 0.2) is 69.2 Å². The Morgan fingerprint density at radius 2 is 1.65 bits per heavy atom. The lowest BCUT2D eigenvalue weighted by Crippen LogP contribution is -2.41. The van der Waals surface area contributed by atoms with Crippen molar-refractivity contribution in [2.45, 2.75) is 29.6 Å². The molecule has 1 aromatic heterocycles. The molecule has 0 saturated carbocycles. The highest BCUT2D eigenvalue weighted by Gasteiger charge is 2.33. The van der Waals surface area contributed by atoms with Gasteiger partial charge in [-0.05, 0) is 62.4 Å². The van der Waals surface area contributed by atoms with Crippen LogP contribution >= 0.6 is 11.8 Å². The van der Waals surface area contributed by atoms with E-state index in [-0.39, 0.29) is 41.1 Å². The van der Waals surface area contributed by atoms with E-state index in [0.717, 1.165) is 4.90 Å². The summed E-state index contributed by atoms with van der Waals surface area (Å²) >= 11 is 1.55. The lowest BCUT2D eigenvalue weighted by Gasteiger charge is -2.30. The molecule has 0 spiro atoms. The van der Waals surface area contributed by atoms with Gasteiger partial charge < -0.3 is 5.32 Å². The number of para-hydroxylation sites is 1. The van der Waals surface area contributed by atoms with Crippen LogP contribution in [0.1, 0.15) is 18.5 Å². The first-order valence-corrected chi connectivity index (χ1v) is 13.7. The highest BCUT2D eigenvalue weighted by atomic mass is 32.2. The Morgan fingerprint density at radius 3 is 2.24 bits per heavy atom. The summed E-state index contributed by atoms with van der Waals surface area (Å²) in [6.07, 6.45) is 2.73. The molecule has 1 aliphatic rings. The van der Waals surface area contributed by atoms with Gasteiger partial charge in [0.15, 0.2) is 0 Å². The van der Waals surface area contributed by atoms with Gasteiger partial charge >= 0.3 is 0 Å². The zero-order valence-corrected chi connectivity index (χ0v) is 21.0. The van der Waals surface area contributed by atoms with E-state index in [0.29, 0.717) is 24.2 Å². The van der Waals surface area contributed by atoms with Crippen LogP contribution in [0.4, 0.5) is 5.69 Å². The average Bonchev–Trinajstić information content (AvgIpc) is 3.07. The van der Waals surface area contributed by atoms with Crippen molar-refractivity contribution in [3.63, 3.8) is 0 Å². The van der Waals surface area contributed by atoms with Gasteiger partial charge in [0, 0.05) is 31.0 Å². The normalized spacial score (nSPS) is 15.4. The zero-order valence-electron chi connectivity index (χ0n) is 19.4. The maximum atomic E-state index is 13.1. The molecule has 0 unspecified atom stereocenters. The first kappa shape index (κ1) is 24.3. The number of nitrogens with zero attached hydrogens (tertiary/aromatic N) is 3. The Bertz CT molecular complexity index is 1340. The molecule has 0 radical (unpaired) electrons. The van der Waals surface area contributed by atoms with Gasteiger partial charge in [0.1, 0.15) is 5.69 Å². The number of aromatic nitrogens is 2. The van der Waals surface area contributed by atoms with Crippen LogP contribution in [-0.2, 0) is 21.9 Å². The van der Waals surface area contributed by atoms with Crippen LogP contribution in [-0.4, -0.2) is 47.3 Å². The van der Waals surface area contributed by atoms with Crippen LogP contribution in [0.3, 0.4) is 0 Å². The molecule has 0 aliphatic carbocycles. The topological polar surface area (TPSA) is 93.4 Å². The number of piperidine rings is 1. The smallest absolute Gasteiger partial charge is 0.295 e. The summed E-state index contributed by atoms with van der Waals surface area (Å²) < 4.78 is 30.6. The molecule has 1 saturated heterocycles. The van der Waals surface area contributed by atoms with Gasteiger partial charge in [-0.15, -0.1) is 11.8 Å². The summed E-state index contributed by atoms with van der Waals surface area (Å²) in [6, 6.07) is 16.1. The van der Waals surface area contributed by atoms with Crippen LogP contribution in [0.2, 0.25) is 0 Å². The Labute approximate surface area is 203 Å². The molecule has 180 valence electrons. The summed E-state index contributed by atoms with van der Waals surface area (Å²) in [6.45, 7) is 2.30. The largest absolute Gasteiger partial charge is 0.320 e. The molecule has 3 aromatic rings. The molecule has 0 atom stereocenters. The maximum Gasteiger partial charge on any atom is 0.295 e. The van der Waals surface area contributed by atoms with Crippen LogP contribution in [0.25, 0.3) is 5.69 Å². The SMILES string of the molecule is CSc1ccc(S(=O)(=O)N2CCC(C(=O)Nc3c(C)n(C)n(-c4ccccc4)c3=O)CC2)cc1. The minimum Gasteiger partial charge on any atom is -0.320 e. The Kier molecular flexibility index (Phi) is 7.01. The number of thioether (sulfide) groups is 1. The van der Waals surface area contributed by atoms with Crippen LogP contribution in [0, 0.1) is 12.8 Å². The molecule has 1 fully saturated rings. The number of carbonyl (C=O) groups is 1. The van der Waals surface area contributed by atoms with Crippen molar-refractivity contribution in [2.75, 3.05) is 24.7 Å². The first-order valence-electron chi connectivity index (χ1n) is 11.0. The van der Waals surface area contributed by atoms with Gasteiger partial charge in [-0.2, -0.15) is 4.31 Å². The predicted molar refractivity (Wildman–Crippen MR) is 134 cm³/mol. The van der Waals surface area contributed by atoms with Gasteiger partial charge in [0.2, 0.25) is 15.9 Å². The number of carbonyl (C=O) groups excluding carboxylic acids is 1. The van der Waals surface area contributed by atoms with E-state index in [1.54, 1.807) is 54.7 Å². The summed E-state index contributed by atoms with van der Waals surface area (Å²) in [4.78, 5) is 27.3. The fraction of sp³-hybridized carbons (Fsp3) is 0.333. The molecule has 1 amide bonds. The summed E-state index contributed by atoms with van der Waals surface area (Å²) in [5, 5.41) is 2.81. The van der Waals surface area contributed by atoms with Crippen molar-refractivity contribution in [2.24, 2.45) is 13.0 Å². The van der Waals surface area contributed by atoms with E-state index in [1.165, 1.54) is 8.99 Å². The second-order valence-electron chi connectivity index (χ2n) is 8.28. The zero-order chi connectivity index (χ0) is 24.5. The molecule has 10 heteroatoms. The fourth-order valence-electron chi connectivity index (χ4n) is 4.19. The second-order valence-corrected chi connectivity index (χ2v) is 11.1. The van der Waals surface area contributed by atoms with Crippen molar-refractivity contribution < 1.29 is 13.2 Å². The van der Waals surface area contributed by atoms with E-state index in [9.17, 15) is 18.0 Å². The molecule has 8 nitrogen and oxygen atoms in total. The molecule has 0 bridgehead atoms. The number of hydrogen-bond acceptors (Lipinski definition) is 5. The van der Waals surface area contributed by atoms with E-state index >= 15 is 0 Å². The van der Waals surface area contributed by atoms with Crippen LogP contribution in [0.5, 0.6) is 0 Å². The number of sulfonamides is 1. The lowest BCUT2D eigenvalue weighted by atomic mass is 9.97. The van der Waals surface area contributed by atoms with Gasteiger partial charge in [-0.3, -0.25) is 14.3 Å². The molecule has 1 aliphatic heterocycles. The highest BCUT2D eigenvalue weighted by molar-refractivity contribution is 7.98. The van der Waals surface area contributed by atoms with Gasteiger partial charge in [0.25, 0.3) is 5.56 Å². The first-order chi connectivity index (χ1) is 16.2. The molecule has 2 heterocycles. The van der Waals surface area contributed by atoms with E-state index in [1.807, 2.05) is 36.6 Å². The highest BCUT2D eigenvalue weighted by Crippen LogP contribution is 2.26. The number of hydrogen-bond donors (Lipinski definition) is 1. The molecule has 34 heavy (non-hydrogen) atoms. The Hall–Kier alpha value is -2.82. The Balaban J connectivity index is 1.45. The molecule has 2 aromatic carbocycles. The number of nitrogens with one attached hydrogen (secondary N) is 1. The van der Waals surface area contributed by atoms with Crippen LogP contribution < -0.4 is 10.9 Å². The Morgan fingerprint density at radius 1 is 1.03 bits per heavy atom. The monoisotopic (exact) mass is 500 g/mol. The number of amides is 1. The van der Waals surface area contributed by atoms with Gasteiger partial charge in [-0.25, -0.2) is 13.1 Å². The minimum absolute atomic E-state index is 0.250. The summed E-state index contributed by atoms with van der Waals surface area (Å²) in [5.41, 5.74) is 1.31. The predicted octanol–water partition coefficient (Wildman–Crippen LogP) is 3.25. The van der Waals surface area contributed by atoms with E-state index < -0.39 is 10.0 Å². The van der Waals surface area contributed by atoms with Crippen molar-refractivity contribution in [1.29, 1.82) is 0 Å². The quantitative estimate of drug-likeness (QED) is 0.525. The number of rotatable bonds is 6. The van der Waals surface area contributed by atoms with Gasteiger partial charge in [-0.1, -0.05) is 18.2 Å². The third kappa shape index (κ3) is 4.57. The number of anilines is 1. The van der Waals surface area contributed by atoms with E-state index in [2.05, 4.69) is 5.32 Å². The third-order valence-electron chi connectivity index (χ3n) is 6.32. The third-order valence-corrected chi connectivity index (χ3v) is 8.98. The van der Waals surface area contributed by atoms with Gasteiger partial charge in [0.05, 0.1) is 16.3 Å². The average molecular weight is 501 g/mol. The van der Waals surface area contributed by atoms with E-state index in [4.69, 9.17) is 0 Å². The molecule has 4 rings (SSSR count). The van der Waals surface area contributed by atoms with Crippen molar-refractivity contribution >= 4 is 33.4 Å². The van der Waals surface area contributed by atoms with Crippen molar-refractivity contribution in [3.8, 4) is 5.69 Å². The molecule has 1 N–H and O–H groups in total. The summed E-state index contributed by atoms with van der Waals surface area (Å²) in [5.74, 6) is -0.623. The summed E-state index contributed by atoms with van der Waals surface area (Å²) in [7, 11) is -1.83. The standard InChI is InChI=1S/C24H28N4O4S2/c1-17-22(24(30)28(26(17)2)19-7-5-4-6-8-19)25-23(29)18-13-15-27(16-14-18)34(31,32)21-11-9-20(33-3)10-12-21/h4-12,18H,13-16H2,1-3H3,(H,25,29). The minimum atomic E-state index is -3.61. The maximum absolute atomic E-state index is 13.1. The number of benzene rings is 2. The molecular weight excluding hydrogens is 472 g/mol. The fourth-order valence-corrected chi connectivity index (χ4v) is 6.07. The van der Waals surface area contributed by atoms with Crippen molar-refractivity contribution in [3.05, 3.63) is 70.6 Å².